The number of unbranched alkanes of at least 4 members (excludes halogenated alkanes) is 4. The minimum Gasteiger partial charge on any atom is -0.497 e. The van der Waals surface area contributed by atoms with Gasteiger partial charge in [0.1, 0.15) is 5.75 Å². The largest absolute Gasteiger partial charge is 0.497 e. The number of carbonyl (C=O) groups excluding carboxylic acids is 1. The first-order valence-corrected chi connectivity index (χ1v) is 6.65. The van der Waals surface area contributed by atoms with E-state index in [4.69, 9.17) is 10.5 Å². The van der Waals surface area contributed by atoms with Crippen LogP contribution in [0.1, 0.15) is 55.8 Å². The lowest BCUT2D eigenvalue weighted by atomic mass is 10.0. The first-order valence-electron chi connectivity index (χ1n) is 6.65. The Hall–Kier alpha value is -1.51. The minimum absolute atomic E-state index is 0.114. The van der Waals surface area contributed by atoms with Crippen LogP contribution in [0.15, 0.2) is 18.2 Å². The number of Topliss-reactive ketones (excluding diaryl/α,β-unsaturated/α-hetero) is 1. The van der Waals surface area contributed by atoms with E-state index in [0.29, 0.717) is 23.4 Å². The van der Waals surface area contributed by atoms with E-state index in [0.717, 1.165) is 12.8 Å². The highest BCUT2D eigenvalue weighted by Crippen LogP contribution is 2.21. The van der Waals surface area contributed by atoms with Crippen LogP contribution < -0.4 is 10.5 Å². The van der Waals surface area contributed by atoms with Crippen molar-refractivity contribution in [1.29, 1.82) is 0 Å². The van der Waals surface area contributed by atoms with Crippen molar-refractivity contribution in [2.75, 3.05) is 12.8 Å². The van der Waals surface area contributed by atoms with Crippen LogP contribution in [0.4, 0.5) is 5.69 Å². The van der Waals surface area contributed by atoms with E-state index in [-0.39, 0.29) is 5.78 Å². The van der Waals surface area contributed by atoms with E-state index in [1.165, 1.54) is 19.3 Å². The Bertz CT molecular complexity index is 388. The molecule has 3 heteroatoms. The summed E-state index contributed by atoms with van der Waals surface area (Å²) in [6.07, 6.45) is 6.30. The fraction of sp³-hybridized carbons (Fsp3) is 0.533. The van der Waals surface area contributed by atoms with Crippen LogP contribution in [-0.2, 0) is 0 Å². The molecule has 2 N–H and O–H groups in total. The lowest BCUT2D eigenvalue weighted by Crippen LogP contribution is -2.04. The fourth-order valence-corrected chi connectivity index (χ4v) is 1.93. The van der Waals surface area contributed by atoms with Crippen LogP contribution in [0.3, 0.4) is 0 Å². The van der Waals surface area contributed by atoms with Gasteiger partial charge in [0.25, 0.3) is 0 Å². The van der Waals surface area contributed by atoms with Gasteiger partial charge in [-0.15, -0.1) is 0 Å². The standard InChI is InChI=1S/C15H23NO2/c1-3-4-5-6-7-8-15(17)13-11-12(18-2)9-10-14(13)16/h9-11H,3-8,16H2,1-2H3. The maximum Gasteiger partial charge on any atom is 0.165 e. The molecule has 0 aromatic heterocycles. The van der Waals surface area contributed by atoms with E-state index in [1.807, 2.05) is 0 Å². The van der Waals surface area contributed by atoms with Gasteiger partial charge in [-0.05, 0) is 24.6 Å². The van der Waals surface area contributed by atoms with Crippen molar-refractivity contribution >= 4 is 11.5 Å². The highest BCUT2D eigenvalue weighted by atomic mass is 16.5. The maximum absolute atomic E-state index is 12.0. The zero-order chi connectivity index (χ0) is 13.4. The summed E-state index contributed by atoms with van der Waals surface area (Å²) < 4.78 is 5.11. The molecule has 1 aromatic rings. The Morgan fingerprint density at radius 1 is 1.22 bits per heavy atom. The number of nitrogen functional groups attached to an aromatic ring is 1. The summed E-state index contributed by atoms with van der Waals surface area (Å²) in [6.45, 7) is 2.18. The van der Waals surface area contributed by atoms with Crippen molar-refractivity contribution in [2.24, 2.45) is 0 Å². The van der Waals surface area contributed by atoms with Gasteiger partial charge >= 0.3 is 0 Å². The fourth-order valence-electron chi connectivity index (χ4n) is 1.93. The van der Waals surface area contributed by atoms with Crippen LogP contribution >= 0.6 is 0 Å². The third-order valence-electron chi connectivity index (χ3n) is 3.07. The number of rotatable bonds is 8. The molecule has 0 amide bonds. The predicted octanol–water partition coefficient (Wildman–Crippen LogP) is 3.82. The Morgan fingerprint density at radius 3 is 2.61 bits per heavy atom. The molecule has 1 rings (SSSR count). The van der Waals surface area contributed by atoms with Gasteiger partial charge in [0, 0.05) is 17.7 Å². The molecule has 0 fully saturated rings. The number of ether oxygens (including phenoxy) is 1. The highest BCUT2D eigenvalue weighted by molar-refractivity contribution is 6.01. The number of methoxy groups -OCH3 is 1. The van der Waals surface area contributed by atoms with E-state index in [9.17, 15) is 4.79 Å². The van der Waals surface area contributed by atoms with Gasteiger partial charge in [0.2, 0.25) is 0 Å². The average molecular weight is 249 g/mol. The molecule has 0 saturated heterocycles. The Balaban J connectivity index is 2.50. The van der Waals surface area contributed by atoms with Gasteiger partial charge < -0.3 is 10.5 Å². The normalized spacial score (nSPS) is 10.3. The van der Waals surface area contributed by atoms with Gasteiger partial charge in [-0.1, -0.05) is 32.6 Å². The molecule has 0 aliphatic rings. The SMILES string of the molecule is CCCCCCCC(=O)c1cc(OC)ccc1N. The lowest BCUT2D eigenvalue weighted by molar-refractivity contribution is 0.0979. The topological polar surface area (TPSA) is 52.3 Å². The van der Waals surface area contributed by atoms with Crippen molar-refractivity contribution in [1.82, 2.24) is 0 Å². The van der Waals surface area contributed by atoms with Crippen molar-refractivity contribution in [3.63, 3.8) is 0 Å². The number of carbonyl (C=O) groups is 1. The second kappa shape index (κ2) is 7.75. The smallest absolute Gasteiger partial charge is 0.165 e. The van der Waals surface area contributed by atoms with Crippen LogP contribution in [-0.4, -0.2) is 12.9 Å². The molecule has 0 spiro atoms. The highest BCUT2D eigenvalue weighted by Gasteiger charge is 2.10. The van der Waals surface area contributed by atoms with Crippen LogP contribution in [0.2, 0.25) is 0 Å². The summed E-state index contributed by atoms with van der Waals surface area (Å²) in [5, 5.41) is 0. The third-order valence-corrected chi connectivity index (χ3v) is 3.07. The van der Waals surface area contributed by atoms with Crippen molar-refractivity contribution in [3.8, 4) is 5.75 Å². The molecule has 0 aliphatic heterocycles. The van der Waals surface area contributed by atoms with Gasteiger partial charge in [-0.2, -0.15) is 0 Å². The molecule has 0 heterocycles. The van der Waals surface area contributed by atoms with Crippen molar-refractivity contribution in [2.45, 2.75) is 45.4 Å². The quantitative estimate of drug-likeness (QED) is 0.433. The summed E-state index contributed by atoms with van der Waals surface area (Å²) in [6, 6.07) is 5.22. The number of hydrogen-bond donors (Lipinski definition) is 1. The van der Waals surface area contributed by atoms with Gasteiger partial charge in [-0.3, -0.25) is 4.79 Å². The predicted molar refractivity (Wildman–Crippen MR) is 75.1 cm³/mol. The summed E-state index contributed by atoms with van der Waals surface area (Å²) >= 11 is 0. The van der Waals surface area contributed by atoms with E-state index in [2.05, 4.69) is 6.92 Å². The van der Waals surface area contributed by atoms with Crippen LogP contribution in [0.5, 0.6) is 5.75 Å². The molecule has 0 bridgehead atoms. The zero-order valence-electron chi connectivity index (χ0n) is 11.4. The van der Waals surface area contributed by atoms with Crippen molar-refractivity contribution < 1.29 is 9.53 Å². The average Bonchev–Trinajstić information content (AvgIpc) is 2.39. The second-order valence-corrected chi connectivity index (χ2v) is 4.54. The van der Waals surface area contributed by atoms with Crippen molar-refractivity contribution in [3.05, 3.63) is 23.8 Å². The Kier molecular flexibility index (Phi) is 6.26. The molecule has 0 atom stereocenters. The molecular formula is C15H23NO2. The van der Waals surface area contributed by atoms with Gasteiger partial charge in [0.05, 0.1) is 7.11 Å². The molecule has 0 unspecified atom stereocenters. The van der Waals surface area contributed by atoms with Gasteiger partial charge in [0.15, 0.2) is 5.78 Å². The summed E-state index contributed by atoms with van der Waals surface area (Å²) in [7, 11) is 1.59. The number of anilines is 1. The summed E-state index contributed by atoms with van der Waals surface area (Å²) in [5.74, 6) is 0.793. The zero-order valence-corrected chi connectivity index (χ0v) is 11.4. The number of ketones is 1. The molecule has 0 radical (unpaired) electrons. The van der Waals surface area contributed by atoms with E-state index < -0.39 is 0 Å². The first kappa shape index (κ1) is 14.6. The second-order valence-electron chi connectivity index (χ2n) is 4.54. The molecule has 18 heavy (non-hydrogen) atoms. The molecule has 3 nitrogen and oxygen atoms in total. The monoisotopic (exact) mass is 249 g/mol. The Morgan fingerprint density at radius 2 is 1.94 bits per heavy atom. The van der Waals surface area contributed by atoms with Crippen LogP contribution in [0.25, 0.3) is 0 Å². The summed E-state index contributed by atoms with van der Waals surface area (Å²) in [4.78, 5) is 12.0. The Labute approximate surface area is 109 Å². The molecular weight excluding hydrogens is 226 g/mol. The molecule has 0 aliphatic carbocycles. The third kappa shape index (κ3) is 4.40. The number of nitrogens with two attached hydrogens (primary N) is 1. The first-order chi connectivity index (χ1) is 8.69. The molecule has 0 saturated carbocycles. The number of hydrogen-bond acceptors (Lipinski definition) is 3. The van der Waals surface area contributed by atoms with Crippen LogP contribution in [0, 0.1) is 0 Å². The molecule has 1 aromatic carbocycles. The number of benzene rings is 1. The van der Waals surface area contributed by atoms with E-state index in [1.54, 1.807) is 25.3 Å². The van der Waals surface area contributed by atoms with E-state index >= 15 is 0 Å². The lowest BCUT2D eigenvalue weighted by Gasteiger charge is -2.07. The summed E-state index contributed by atoms with van der Waals surface area (Å²) in [5.41, 5.74) is 6.94. The molecule has 100 valence electrons. The minimum atomic E-state index is 0.114. The maximum atomic E-state index is 12.0. The van der Waals surface area contributed by atoms with Gasteiger partial charge in [-0.25, -0.2) is 0 Å².